The van der Waals surface area contributed by atoms with E-state index < -0.39 is 11.8 Å². The predicted molar refractivity (Wildman–Crippen MR) is 125 cm³/mol. The van der Waals surface area contributed by atoms with Crippen LogP contribution < -0.4 is 15.4 Å². The van der Waals surface area contributed by atoms with Crippen molar-refractivity contribution in [1.82, 2.24) is 10.3 Å². The second-order valence-corrected chi connectivity index (χ2v) is 8.40. The van der Waals surface area contributed by atoms with Crippen LogP contribution in [0.1, 0.15) is 29.8 Å². The number of amides is 2. The summed E-state index contributed by atoms with van der Waals surface area (Å²) < 4.78 is 5.63. The van der Waals surface area contributed by atoms with Crippen molar-refractivity contribution in [3.8, 4) is 5.75 Å². The SMILES string of the molecule is CC(C)Oc1ccc(/C=C(\NC(=O)c2ccc(Cl)cc2Cl)C(=O)Nc2nccs2)cc1. The topological polar surface area (TPSA) is 80.3 Å². The first-order valence-corrected chi connectivity index (χ1v) is 10.9. The van der Waals surface area contributed by atoms with Crippen molar-refractivity contribution in [2.75, 3.05) is 5.32 Å². The molecule has 0 spiro atoms. The fourth-order valence-electron chi connectivity index (χ4n) is 2.55. The molecule has 6 nitrogen and oxygen atoms in total. The first-order valence-electron chi connectivity index (χ1n) is 9.27. The number of halogens is 2. The van der Waals surface area contributed by atoms with Gasteiger partial charge in [0, 0.05) is 16.6 Å². The second-order valence-electron chi connectivity index (χ2n) is 6.66. The van der Waals surface area contributed by atoms with Crippen LogP contribution >= 0.6 is 34.5 Å². The van der Waals surface area contributed by atoms with E-state index in [2.05, 4.69) is 15.6 Å². The molecular weight excluding hydrogens is 457 g/mol. The number of carbonyl (C=O) groups is 2. The number of hydrogen-bond acceptors (Lipinski definition) is 5. The van der Waals surface area contributed by atoms with Gasteiger partial charge in [-0.2, -0.15) is 0 Å². The third kappa shape index (κ3) is 6.55. The standard InChI is InChI=1S/C22H19Cl2N3O3S/c1-13(2)30-16-6-3-14(4-7-16)11-19(21(29)27-22-25-9-10-31-22)26-20(28)17-8-5-15(23)12-18(17)24/h3-13H,1-2H3,(H,26,28)(H,25,27,29)/b19-11-. The molecule has 0 atom stereocenters. The summed E-state index contributed by atoms with van der Waals surface area (Å²) in [7, 11) is 0. The monoisotopic (exact) mass is 475 g/mol. The van der Waals surface area contributed by atoms with Crippen molar-refractivity contribution in [1.29, 1.82) is 0 Å². The highest BCUT2D eigenvalue weighted by molar-refractivity contribution is 7.13. The van der Waals surface area contributed by atoms with Gasteiger partial charge in [0.1, 0.15) is 11.4 Å². The lowest BCUT2D eigenvalue weighted by Crippen LogP contribution is -2.30. The van der Waals surface area contributed by atoms with Crippen LogP contribution in [0.5, 0.6) is 5.75 Å². The van der Waals surface area contributed by atoms with E-state index in [9.17, 15) is 9.59 Å². The fourth-order valence-corrected chi connectivity index (χ4v) is 3.57. The number of carbonyl (C=O) groups excluding carboxylic acids is 2. The Hall–Kier alpha value is -2.87. The molecule has 2 aromatic carbocycles. The van der Waals surface area contributed by atoms with Crippen molar-refractivity contribution >= 4 is 57.6 Å². The molecule has 0 radical (unpaired) electrons. The number of aromatic nitrogens is 1. The maximum atomic E-state index is 12.8. The Morgan fingerprint density at radius 1 is 1.13 bits per heavy atom. The van der Waals surface area contributed by atoms with E-state index in [0.717, 1.165) is 0 Å². The summed E-state index contributed by atoms with van der Waals surface area (Å²) in [6, 6.07) is 11.7. The van der Waals surface area contributed by atoms with E-state index >= 15 is 0 Å². The number of ether oxygens (including phenoxy) is 1. The molecule has 1 aromatic heterocycles. The highest BCUT2D eigenvalue weighted by Crippen LogP contribution is 2.22. The van der Waals surface area contributed by atoms with Crippen molar-refractivity contribution in [2.45, 2.75) is 20.0 Å². The molecule has 0 fully saturated rings. The van der Waals surface area contributed by atoms with Crippen molar-refractivity contribution in [3.05, 3.63) is 80.9 Å². The largest absolute Gasteiger partial charge is 0.491 e. The molecule has 9 heteroatoms. The van der Waals surface area contributed by atoms with Crippen LogP contribution in [-0.4, -0.2) is 22.9 Å². The van der Waals surface area contributed by atoms with Gasteiger partial charge in [0.25, 0.3) is 11.8 Å². The van der Waals surface area contributed by atoms with E-state index in [4.69, 9.17) is 27.9 Å². The van der Waals surface area contributed by atoms with Crippen molar-refractivity contribution in [2.24, 2.45) is 0 Å². The van der Waals surface area contributed by atoms with Crippen molar-refractivity contribution in [3.63, 3.8) is 0 Å². The van der Waals surface area contributed by atoms with E-state index in [-0.39, 0.29) is 22.4 Å². The first-order chi connectivity index (χ1) is 14.8. The predicted octanol–water partition coefficient (Wildman–Crippen LogP) is 5.65. The number of rotatable bonds is 7. The number of thiazole rings is 1. The molecule has 0 aliphatic heterocycles. The van der Waals surface area contributed by atoms with E-state index in [0.29, 0.717) is 21.5 Å². The zero-order chi connectivity index (χ0) is 22.4. The zero-order valence-corrected chi connectivity index (χ0v) is 19.0. The molecule has 0 saturated carbocycles. The summed E-state index contributed by atoms with van der Waals surface area (Å²) in [5, 5.41) is 8.03. The Morgan fingerprint density at radius 3 is 2.48 bits per heavy atom. The van der Waals surface area contributed by atoms with Crippen LogP contribution in [0.2, 0.25) is 10.0 Å². The molecule has 0 unspecified atom stereocenters. The lowest BCUT2D eigenvalue weighted by atomic mass is 10.1. The maximum absolute atomic E-state index is 12.8. The van der Waals surface area contributed by atoms with E-state index in [1.807, 2.05) is 13.8 Å². The van der Waals surface area contributed by atoms with Gasteiger partial charge < -0.3 is 10.1 Å². The first kappa shape index (κ1) is 22.8. The molecule has 0 bridgehead atoms. The summed E-state index contributed by atoms with van der Waals surface area (Å²) in [6.07, 6.45) is 3.18. The third-order valence-electron chi connectivity index (χ3n) is 3.88. The molecule has 2 amide bonds. The summed E-state index contributed by atoms with van der Waals surface area (Å²) in [5.74, 6) is -0.351. The van der Waals surface area contributed by atoms with Gasteiger partial charge in [-0.05, 0) is 55.8 Å². The quantitative estimate of drug-likeness (QED) is 0.432. The molecule has 0 aliphatic rings. The molecule has 1 heterocycles. The van der Waals surface area contributed by atoms with Gasteiger partial charge in [-0.1, -0.05) is 35.3 Å². The minimum atomic E-state index is -0.540. The molecular formula is C22H19Cl2N3O3S. The highest BCUT2D eigenvalue weighted by atomic mass is 35.5. The van der Waals surface area contributed by atoms with Crippen molar-refractivity contribution < 1.29 is 14.3 Å². The van der Waals surface area contributed by atoms with Crippen LogP contribution in [0.25, 0.3) is 6.08 Å². The molecule has 3 aromatic rings. The van der Waals surface area contributed by atoms with Crippen LogP contribution in [0.15, 0.2) is 59.7 Å². The number of hydrogen-bond donors (Lipinski definition) is 2. The smallest absolute Gasteiger partial charge is 0.273 e. The van der Waals surface area contributed by atoms with Crippen LogP contribution in [0.3, 0.4) is 0 Å². The number of benzene rings is 2. The number of anilines is 1. The number of nitrogens with one attached hydrogen (secondary N) is 2. The molecule has 31 heavy (non-hydrogen) atoms. The Balaban J connectivity index is 1.87. The normalized spacial score (nSPS) is 11.3. The van der Waals surface area contributed by atoms with Gasteiger partial charge >= 0.3 is 0 Å². The maximum Gasteiger partial charge on any atom is 0.273 e. The Kier molecular flexibility index (Phi) is 7.68. The van der Waals surface area contributed by atoms with Gasteiger partial charge in [0.15, 0.2) is 5.13 Å². The Bertz CT molecular complexity index is 1100. The van der Waals surface area contributed by atoms with Gasteiger partial charge in [0.2, 0.25) is 0 Å². The van der Waals surface area contributed by atoms with Gasteiger partial charge in [0.05, 0.1) is 16.7 Å². The molecule has 3 rings (SSSR count). The molecule has 160 valence electrons. The summed E-state index contributed by atoms with van der Waals surface area (Å²) in [6.45, 7) is 3.87. The lowest BCUT2D eigenvalue weighted by molar-refractivity contribution is -0.113. The minimum absolute atomic E-state index is 0.0312. The average Bonchev–Trinajstić information content (AvgIpc) is 3.21. The summed E-state index contributed by atoms with van der Waals surface area (Å²) in [4.78, 5) is 29.6. The molecule has 2 N–H and O–H groups in total. The van der Waals surface area contributed by atoms with Gasteiger partial charge in [-0.3, -0.25) is 14.9 Å². The van der Waals surface area contributed by atoms with Crippen LogP contribution in [-0.2, 0) is 4.79 Å². The fraction of sp³-hybridized carbons (Fsp3) is 0.136. The van der Waals surface area contributed by atoms with Crippen LogP contribution in [0.4, 0.5) is 5.13 Å². The second kappa shape index (κ2) is 10.4. The van der Waals surface area contributed by atoms with Gasteiger partial charge in [-0.15, -0.1) is 11.3 Å². The Labute approximate surface area is 193 Å². The summed E-state index contributed by atoms with van der Waals surface area (Å²) >= 11 is 13.3. The third-order valence-corrected chi connectivity index (χ3v) is 5.12. The average molecular weight is 476 g/mol. The highest BCUT2D eigenvalue weighted by Gasteiger charge is 2.18. The minimum Gasteiger partial charge on any atom is -0.491 e. The van der Waals surface area contributed by atoms with E-state index in [1.54, 1.807) is 48.0 Å². The number of nitrogens with zero attached hydrogens (tertiary/aromatic N) is 1. The zero-order valence-electron chi connectivity index (χ0n) is 16.7. The molecule has 0 saturated heterocycles. The van der Waals surface area contributed by atoms with E-state index in [1.165, 1.54) is 23.5 Å². The lowest BCUT2D eigenvalue weighted by Gasteiger charge is -2.12. The summed E-state index contributed by atoms with van der Waals surface area (Å²) in [5.41, 5.74) is 0.923. The van der Waals surface area contributed by atoms with Gasteiger partial charge in [-0.25, -0.2) is 4.98 Å². The molecule has 0 aliphatic carbocycles. The van der Waals surface area contributed by atoms with Crippen LogP contribution in [0, 0.1) is 0 Å². The Morgan fingerprint density at radius 2 is 1.87 bits per heavy atom.